The van der Waals surface area contributed by atoms with E-state index < -0.39 is 0 Å². The fourth-order valence-corrected chi connectivity index (χ4v) is 4.65. The molecule has 2 aliphatic rings. The Labute approximate surface area is 151 Å². The van der Waals surface area contributed by atoms with Crippen LogP contribution in [0.15, 0.2) is 36.4 Å². The molecule has 0 amide bonds. The first-order chi connectivity index (χ1) is 12.3. The molecule has 2 aliphatic heterocycles. The Morgan fingerprint density at radius 2 is 1.60 bits per heavy atom. The lowest BCUT2D eigenvalue weighted by molar-refractivity contribution is 0.126. The molecule has 0 spiro atoms. The lowest BCUT2D eigenvalue weighted by Gasteiger charge is -2.37. The van der Waals surface area contributed by atoms with E-state index in [2.05, 4.69) is 46.6 Å². The van der Waals surface area contributed by atoms with Crippen LogP contribution in [-0.2, 0) is 6.54 Å². The van der Waals surface area contributed by atoms with Crippen molar-refractivity contribution in [3.8, 4) is 5.75 Å². The third kappa shape index (κ3) is 3.99. The van der Waals surface area contributed by atoms with Crippen LogP contribution in [0.25, 0.3) is 10.8 Å². The van der Waals surface area contributed by atoms with Gasteiger partial charge in [-0.3, -0.25) is 4.90 Å². The van der Waals surface area contributed by atoms with Crippen molar-refractivity contribution in [2.24, 2.45) is 11.8 Å². The third-order valence-electron chi connectivity index (χ3n) is 6.20. The van der Waals surface area contributed by atoms with E-state index in [1.807, 2.05) is 0 Å². The Bertz CT molecular complexity index is 700. The maximum atomic E-state index is 5.32. The monoisotopic (exact) mass is 338 g/mol. The van der Waals surface area contributed by atoms with Gasteiger partial charge in [-0.1, -0.05) is 18.2 Å². The quantitative estimate of drug-likeness (QED) is 0.910. The van der Waals surface area contributed by atoms with Crippen molar-refractivity contribution in [3.63, 3.8) is 0 Å². The number of ether oxygens (including phenoxy) is 1. The Morgan fingerprint density at radius 1 is 0.920 bits per heavy atom. The zero-order valence-electron chi connectivity index (χ0n) is 15.3. The Balaban J connectivity index is 1.35. The van der Waals surface area contributed by atoms with Gasteiger partial charge in [-0.15, -0.1) is 0 Å². The van der Waals surface area contributed by atoms with Crippen LogP contribution in [0.1, 0.15) is 31.2 Å². The molecule has 2 aromatic carbocycles. The molecule has 0 saturated carbocycles. The molecule has 0 atom stereocenters. The SMILES string of the molecule is COc1ccc2cc(CN3CCC(C4CCNCC4)CC3)ccc2c1. The van der Waals surface area contributed by atoms with Crippen molar-refractivity contribution in [2.75, 3.05) is 33.3 Å². The van der Waals surface area contributed by atoms with Crippen molar-refractivity contribution in [2.45, 2.75) is 32.2 Å². The van der Waals surface area contributed by atoms with Crippen molar-refractivity contribution in [3.05, 3.63) is 42.0 Å². The van der Waals surface area contributed by atoms with Crippen LogP contribution in [0.2, 0.25) is 0 Å². The van der Waals surface area contributed by atoms with Crippen LogP contribution >= 0.6 is 0 Å². The van der Waals surface area contributed by atoms with Crippen LogP contribution in [0, 0.1) is 11.8 Å². The van der Waals surface area contributed by atoms with Crippen molar-refractivity contribution >= 4 is 10.8 Å². The summed E-state index contributed by atoms with van der Waals surface area (Å²) in [7, 11) is 1.73. The molecule has 0 aromatic heterocycles. The van der Waals surface area contributed by atoms with Gasteiger partial charge in [0, 0.05) is 6.54 Å². The average Bonchev–Trinajstić information content (AvgIpc) is 2.69. The van der Waals surface area contributed by atoms with E-state index >= 15 is 0 Å². The number of nitrogens with zero attached hydrogens (tertiary/aromatic N) is 1. The molecule has 3 nitrogen and oxygen atoms in total. The van der Waals surface area contributed by atoms with Crippen LogP contribution < -0.4 is 10.1 Å². The first kappa shape index (κ1) is 16.9. The lowest BCUT2D eigenvalue weighted by atomic mass is 9.79. The van der Waals surface area contributed by atoms with Gasteiger partial charge in [-0.05, 0) is 98.2 Å². The molecule has 0 aliphatic carbocycles. The van der Waals surface area contributed by atoms with Crippen LogP contribution in [0.3, 0.4) is 0 Å². The number of hydrogen-bond acceptors (Lipinski definition) is 3. The molecule has 0 radical (unpaired) electrons. The second kappa shape index (κ2) is 7.76. The van der Waals surface area contributed by atoms with Crippen LogP contribution in [-0.4, -0.2) is 38.2 Å². The molecule has 1 N–H and O–H groups in total. The minimum absolute atomic E-state index is 0.931. The number of likely N-dealkylation sites (tertiary alicyclic amines) is 1. The maximum Gasteiger partial charge on any atom is 0.119 e. The zero-order chi connectivity index (χ0) is 17.1. The van der Waals surface area contributed by atoms with Crippen molar-refractivity contribution < 1.29 is 4.74 Å². The van der Waals surface area contributed by atoms with Gasteiger partial charge in [0.1, 0.15) is 5.75 Å². The summed E-state index contributed by atoms with van der Waals surface area (Å²) in [6.07, 6.45) is 5.54. The van der Waals surface area contributed by atoms with E-state index in [1.165, 1.54) is 68.2 Å². The van der Waals surface area contributed by atoms with Gasteiger partial charge in [-0.25, -0.2) is 0 Å². The summed E-state index contributed by atoms with van der Waals surface area (Å²) < 4.78 is 5.32. The average molecular weight is 338 g/mol. The summed E-state index contributed by atoms with van der Waals surface area (Å²) in [4.78, 5) is 2.64. The highest BCUT2D eigenvalue weighted by Gasteiger charge is 2.27. The number of piperidine rings is 2. The lowest BCUT2D eigenvalue weighted by Crippen LogP contribution is -2.39. The first-order valence-electron chi connectivity index (χ1n) is 9.81. The Kier molecular flexibility index (Phi) is 5.23. The molecule has 2 fully saturated rings. The normalized spacial score (nSPS) is 20.8. The number of methoxy groups -OCH3 is 1. The van der Waals surface area contributed by atoms with E-state index in [0.29, 0.717) is 0 Å². The van der Waals surface area contributed by atoms with Crippen molar-refractivity contribution in [1.29, 1.82) is 0 Å². The van der Waals surface area contributed by atoms with Crippen molar-refractivity contribution in [1.82, 2.24) is 10.2 Å². The van der Waals surface area contributed by atoms with E-state index in [0.717, 1.165) is 24.1 Å². The fraction of sp³-hybridized carbons (Fsp3) is 0.545. The van der Waals surface area contributed by atoms with Gasteiger partial charge < -0.3 is 10.1 Å². The molecule has 0 bridgehead atoms. The van der Waals surface area contributed by atoms with Gasteiger partial charge in [-0.2, -0.15) is 0 Å². The van der Waals surface area contributed by atoms with Gasteiger partial charge >= 0.3 is 0 Å². The van der Waals surface area contributed by atoms with Crippen LogP contribution in [0.5, 0.6) is 5.75 Å². The van der Waals surface area contributed by atoms with Gasteiger partial charge in [0.15, 0.2) is 0 Å². The van der Waals surface area contributed by atoms with E-state index in [9.17, 15) is 0 Å². The predicted molar refractivity (Wildman–Crippen MR) is 104 cm³/mol. The van der Waals surface area contributed by atoms with Crippen LogP contribution in [0.4, 0.5) is 0 Å². The minimum atomic E-state index is 0.931. The minimum Gasteiger partial charge on any atom is -0.497 e. The number of nitrogens with one attached hydrogen (secondary N) is 1. The summed E-state index contributed by atoms with van der Waals surface area (Å²) in [5.41, 5.74) is 1.43. The summed E-state index contributed by atoms with van der Waals surface area (Å²) in [6.45, 7) is 6.06. The molecule has 3 heteroatoms. The third-order valence-corrected chi connectivity index (χ3v) is 6.20. The van der Waals surface area contributed by atoms with Gasteiger partial charge in [0.2, 0.25) is 0 Å². The predicted octanol–water partition coefficient (Wildman–Crippen LogP) is 4.06. The van der Waals surface area contributed by atoms with E-state index in [4.69, 9.17) is 4.74 Å². The van der Waals surface area contributed by atoms with E-state index in [-0.39, 0.29) is 0 Å². The number of rotatable bonds is 4. The second-order valence-corrected chi connectivity index (χ2v) is 7.75. The molecular weight excluding hydrogens is 308 g/mol. The standard InChI is InChI=1S/C22H30N2O/c1-25-22-5-4-20-14-17(2-3-21(20)15-22)16-24-12-8-19(9-13-24)18-6-10-23-11-7-18/h2-5,14-15,18-19,23H,6-13,16H2,1H3. The number of fused-ring (bicyclic) bond motifs is 1. The summed E-state index contributed by atoms with van der Waals surface area (Å²) in [6, 6.07) is 13.2. The number of hydrogen-bond donors (Lipinski definition) is 1. The molecule has 2 aromatic rings. The molecule has 25 heavy (non-hydrogen) atoms. The largest absolute Gasteiger partial charge is 0.497 e. The smallest absolute Gasteiger partial charge is 0.119 e. The zero-order valence-corrected chi connectivity index (χ0v) is 15.3. The molecule has 4 rings (SSSR count). The topological polar surface area (TPSA) is 24.5 Å². The first-order valence-corrected chi connectivity index (χ1v) is 9.81. The van der Waals surface area contributed by atoms with E-state index in [1.54, 1.807) is 7.11 Å². The molecule has 134 valence electrons. The molecular formula is C22H30N2O. The maximum absolute atomic E-state index is 5.32. The highest BCUT2D eigenvalue weighted by Crippen LogP contribution is 2.31. The second-order valence-electron chi connectivity index (χ2n) is 7.75. The summed E-state index contributed by atoms with van der Waals surface area (Å²) >= 11 is 0. The Morgan fingerprint density at radius 3 is 2.36 bits per heavy atom. The highest BCUT2D eigenvalue weighted by atomic mass is 16.5. The number of benzene rings is 2. The molecule has 2 saturated heterocycles. The summed E-state index contributed by atoms with van der Waals surface area (Å²) in [5.74, 6) is 2.86. The molecule has 0 unspecified atom stereocenters. The fourth-order valence-electron chi connectivity index (χ4n) is 4.65. The molecule has 2 heterocycles. The highest BCUT2D eigenvalue weighted by molar-refractivity contribution is 5.84. The van der Waals surface area contributed by atoms with Gasteiger partial charge in [0.05, 0.1) is 7.11 Å². The van der Waals surface area contributed by atoms with Gasteiger partial charge in [0.25, 0.3) is 0 Å². The summed E-state index contributed by atoms with van der Waals surface area (Å²) in [5, 5.41) is 6.06. The Hall–Kier alpha value is -1.58.